The van der Waals surface area contributed by atoms with Crippen LogP contribution < -0.4 is 5.73 Å². The van der Waals surface area contributed by atoms with Crippen LogP contribution in [0.1, 0.15) is 24.8 Å². The molecule has 2 N–H and O–H groups in total. The summed E-state index contributed by atoms with van der Waals surface area (Å²) < 4.78 is 0. The van der Waals surface area contributed by atoms with Crippen molar-refractivity contribution in [3.8, 4) is 0 Å². The third kappa shape index (κ3) is 2.90. The summed E-state index contributed by atoms with van der Waals surface area (Å²) in [5, 5.41) is 10.7. The van der Waals surface area contributed by atoms with Crippen LogP contribution in [0, 0.1) is 10.1 Å². The van der Waals surface area contributed by atoms with Gasteiger partial charge >= 0.3 is 0 Å². The minimum Gasteiger partial charge on any atom is -0.341 e. The molecular weight excluding hydrogens is 246 g/mol. The Morgan fingerprint density at radius 3 is 2.89 bits per heavy atom. The molecule has 1 amide bonds. The summed E-state index contributed by atoms with van der Waals surface area (Å²) in [6, 6.07) is 6.27. The zero-order valence-corrected chi connectivity index (χ0v) is 10.8. The van der Waals surface area contributed by atoms with Crippen molar-refractivity contribution in [2.45, 2.75) is 25.3 Å². The SMILES string of the molecule is CC(C(=O)N1CC[C@@H](N)C1)c1cccc([N+](=O)[O-])c1. The third-order valence-electron chi connectivity index (χ3n) is 3.49. The lowest BCUT2D eigenvalue weighted by atomic mass is 9.99. The van der Waals surface area contributed by atoms with Gasteiger partial charge in [-0.1, -0.05) is 12.1 Å². The summed E-state index contributed by atoms with van der Waals surface area (Å²) in [5.74, 6) is -0.404. The molecule has 1 aromatic rings. The van der Waals surface area contributed by atoms with Gasteiger partial charge in [0.25, 0.3) is 5.69 Å². The van der Waals surface area contributed by atoms with E-state index in [-0.39, 0.29) is 23.6 Å². The summed E-state index contributed by atoms with van der Waals surface area (Å²) >= 11 is 0. The minimum absolute atomic E-state index is 0.00951. The van der Waals surface area contributed by atoms with Gasteiger partial charge in [0, 0.05) is 31.3 Å². The van der Waals surface area contributed by atoms with Crippen molar-refractivity contribution in [1.82, 2.24) is 4.90 Å². The first-order valence-corrected chi connectivity index (χ1v) is 6.27. The molecular formula is C13H17N3O3. The smallest absolute Gasteiger partial charge is 0.269 e. The number of hydrogen-bond acceptors (Lipinski definition) is 4. The molecule has 6 heteroatoms. The normalized spacial score (nSPS) is 20.3. The number of carbonyl (C=O) groups is 1. The number of nitro groups is 1. The molecule has 0 saturated carbocycles. The van der Waals surface area contributed by atoms with E-state index >= 15 is 0 Å². The number of non-ortho nitro benzene ring substituents is 1. The molecule has 1 aliphatic heterocycles. The first-order valence-electron chi connectivity index (χ1n) is 6.27. The van der Waals surface area contributed by atoms with Crippen LogP contribution in [0.15, 0.2) is 24.3 Å². The van der Waals surface area contributed by atoms with Gasteiger partial charge in [0.2, 0.25) is 5.91 Å². The maximum Gasteiger partial charge on any atom is 0.269 e. The van der Waals surface area contributed by atoms with Gasteiger partial charge in [-0.15, -0.1) is 0 Å². The molecule has 2 rings (SSSR count). The van der Waals surface area contributed by atoms with Crippen molar-refractivity contribution in [2.24, 2.45) is 5.73 Å². The van der Waals surface area contributed by atoms with Crippen LogP contribution in [0.5, 0.6) is 0 Å². The van der Waals surface area contributed by atoms with Crippen LogP contribution in [-0.2, 0) is 4.79 Å². The fourth-order valence-corrected chi connectivity index (χ4v) is 2.31. The van der Waals surface area contributed by atoms with Gasteiger partial charge < -0.3 is 10.6 Å². The van der Waals surface area contributed by atoms with Gasteiger partial charge in [0.05, 0.1) is 10.8 Å². The van der Waals surface area contributed by atoms with Crippen LogP contribution in [0.25, 0.3) is 0 Å². The average molecular weight is 263 g/mol. The Kier molecular flexibility index (Phi) is 3.80. The van der Waals surface area contributed by atoms with E-state index in [9.17, 15) is 14.9 Å². The number of amides is 1. The summed E-state index contributed by atoms with van der Waals surface area (Å²) in [4.78, 5) is 24.3. The summed E-state index contributed by atoms with van der Waals surface area (Å²) in [5.41, 5.74) is 6.46. The third-order valence-corrected chi connectivity index (χ3v) is 3.49. The maximum atomic E-state index is 12.3. The van der Waals surface area contributed by atoms with E-state index in [1.165, 1.54) is 12.1 Å². The molecule has 0 aliphatic carbocycles. The monoisotopic (exact) mass is 263 g/mol. The quantitative estimate of drug-likeness (QED) is 0.656. The molecule has 0 bridgehead atoms. The Morgan fingerprint density at radius 2 is 2.32 bits per heavy atom. The molecule has 1 heterocycles. The molecule has 0 spiro atoms. The van der Waals surface area contributed by atoms with Gasteiger partial charge in [-0.3, -0.25) is 14.9 Å². The summed E-state index contributed by atoms with van der Waals surface area (Å²) in [7, 11) is 0. The Hall–Kier alpha value is -1.95. The minimum atomic E-state index is -0.452. The predicted octanol–water partition coefficient (Wildman–Crippen LogP) is 1.26. The highest BCUT2D eigenvalue weighted by Crippen LogP contribution is 2.23. The fourth-order valence-electron chi connectivity index (χ4n) is 2.31. The number of carbonyl (C=O) groups excluding carboxylic acids is 1. The van der Waals surface area contributed by atoms with Gasteiger partial charge in [-0.25, -0.2) is 0 Å². The molecule has 102 valence electrons. The van der Waals surface area contributed by atoms with E-state index in [0.29, 0.717) is 18.7 Å². The molecule has 1 unspecified atom stereocenters. The number of nitrogens with two attached hydrogens (primary N) is 1. The average Bonchev–Trinajstić information content (AvgIpc) is 2.84. The lowest BCUT2D eigenvalue weighted by molar-refractivity contribution is -0.384. The van der Waals surface area contributed by atoms with Crippen molar-refractivity contribution < 1.29 is 9.72 Å². The molecule has 0 aromatic heterocycles. The first-order chi connectivity index (χ1) is 8.99. The molecule has 0 radical (unpaired) electrons. The lowest BCUT2D eigenvalue weighted by Gasteiger charge is -2.20. The summed E-state index contributed by atoms with van der Waals surface area (Å²) in [6.07, 6.45) is 0.813. The number of nitrogens with zero attached hydrogens (tertiary/aromatic N) is 2. The van der Waals surface area contributed by atoms with E-state index in [0.717, 1.165) is 6.42 Å². The zero-order chi connectivity index (χ0) is 14.0. The zero-order valence-electron chi connectivity index (χ0n) is 10.8. The van der Waals surface area contributed by atoms with Gasteiger partial charge in [-0.05, 0) is 18.9 Å². The molecule has 19 heavy (non-hydrogen) atoms. The Labute approximate surface area is 111 Å². The van der Waals surface area contributed by atoms with E-state index in [4.69, 9.17) is 5.73 Å². The van der Waals surface area contributed by atoms with E-state index < -0.39 is 4.92 Å². The maximum absolute atomic E-state index is 12.3. The van der Waals surface area contributed by atoms with Gasteiger partial charge in [-0.2, -0.15) is 0 Å². The Morgan fingerprint density at radius 1 is 1.58 bits per heavy atom. The van der Waals surface area contributed by atoms with E-state index in [1.54, 1.807) is 24.0 Å². The fraction of sp³-hybridized carbons (Fsp3) is 0.462. The number of nitro benzene ring substituents is 1. The molecule has 1 aromatic carbocycles. The molecule has 6 nitrogen and oxygen atoms in total. The van der Waals surface area contributed by atoms with E-state index in [2.05, 4.69) is 0 Å². The van der Waals surface area contributed by atoms with Crippen LogP contribution in [-0.4, -0.2) is 34.9 Å². The highest BCUT2D eigenvalue weighted by molar-refractivity contribution is 5.83. The molecule has 2 atom stereocenters. The van der Waals surface area contributed by atoms with Gasteiger partial charge in [0.15, 0.2) is 0 Å². The van der Waals surface area contributed by atoms with Crippen molar-refractivity contribution >= 4 is 11.6 Å². The Bertz CT molecular complexity index is 504. The number of benzene rings is 1. The topological polar surface area (TPSA) is 89.5 Å². The molecule has 1 saturated heterocycles. The number of likely N-dealkylation sites (tertiary alicyclic amines) is 1. The second-order valence-electron chi connectivity index (χ2n) is 4.91. The Balaban J connectivity index is 2.14. The predicted molar refractivity (Wildman–Crippen MR) is 70.7 cm³/mol. The van der Waals surface area contributed by atoms with Crippen LogP contribution >= 0.6 is 0 Å². The molecule has 1 aliphatic rings. The second-order valence-corrected chi connectivity index (χ2v) is 4.91. The first kappa shape index (κ1) is 13.5. The van der Waals surface area contributed by atoms with E-state index in [1.807, 2.05) is 0 Å². The standard InChI is InChI=1S/C13H17N3O3/c1-9(13(17)15-6-5-11(14)8-15)10-3-2-4-12(7-10)16(18)19/h2-4,7,9,11H,5-6,8,14H2,1H3/t9?,11-/m1/s1. The number of hydrogen-bond donors (Lipinski definition) is 1. The van der Waals surface area contributed by atoms with Crippen LogP contribution in [0.2, 0.25) is 0 Å². The van der Waals surface area contributed by atoms with Crippen LogP contribution in [0.4, 0.5) is 5.69 Å². The second kappa shape index (κ2) is 5.36. The largest absolute Gasteiger partial charge is 0.341 e. The highest BCUT2D eigenvalue weighted by Gasteiger charge is 2.28. The van der Waals surface area contributed by atoms with Crippen molar-refractivity contribution in [3.63, 3.8) is 0 Å². The van der Waals surface area contributed by atoms with Gasteiger partial charge in [0.1, 0.15) is 0 Å². The van der Waals surface area contributed by atoms with Crippen molar-refractivity contribution in [3.05, 3.63) is 39.9 Å². The lowest BCUT2D eigenvalue weighted by Crippen LogP contribution is -2.34. The van der Waals surface area contributed by atoms with Crippen molar-refractivity contribution in [2.75, 3.05) is 13.1 Å². The molecule has 1 fully saturated rings. The van der Waals surface area contributed by atoms with Crippen LogP contribution in [0.3, 0.4) is 0 Å². The highest BCUT2D eigenvalue weighted by atomic mass is 16.6. The van der Waals surface area contributed by atoms with Crippen molar-refractivity contribution in [1.29, 1.82) is 0 Å². The summed E-state index contributed by atoms with van der Waals surface area (Å²) in [6.45, 7) is 3.00. The number of rotatable bonds is 3.